The van der Waals surface area contributed by atoms with Crippen LogP contribution in [0.15, 0.2) is 65.0 Å². The number of thiophene rings is 1. The lowest BCUT2D eigenvalue weighted by molar-refractivity contribution is 0.306. The molecule has 0 aliphatic carbocycles. The van der Waals surface area contributed by atoms with Crippen molar-refractivity contribution in [1.29, 1.82) is 0 Å². The van der Waals surface area contributed by atoms with Crippen LogP contribution in [0.5, 0.6) is 5.75 Å². The summed E-state index contributed by atoms with van der Waals surface area (Å²) in [4.78, 5) is 5.99. The van der Waals surface area contributed by atoms with Crippen LogP contribution in [-0.4, -0.2) is 5.71 Å². The molecule has 2 aromatic carbocycles. The number of halogens is 2. The summed E-state index contributed by atoms with van der Waals surface area (Å²) in [6.45, 7) is 0.502. The Balaban J connectivity index is 1.42. The van der Waals surface area contributed by atoms with Gasteiger partial charge in [-0.1, -0.05) is 47.5 Å². The molecule has 2 nitrogen and oxygen atoms in total. The minimum absolute atomic E-state index is 0.199. The van der Waals surface area contributed by atoms with Crippen LogP contribution in [0.4, 0.5) is 0 Å². The van der Waals surface area contributed by atoms with Crippen LogP contribution in [0.25, 0.3) is 0 Å². The van der Waals surface area contributed by atoms with E-state index in [9.17, 15) is 0 Å². The molecule has 1 unspecified atom stereocenters. The summed E-state index contributed by atoms with van der Waals surface area (Å²) in [5.74, 6) is 0.845. The third kappa shape index (κ3) is 3.96. The van der Waals surface area contributed by atoms with Crippen LogP contribution in [0, 0.1) is 0 Å². The predicted octanol–water partition coefficient (Wildman–Crippen LogP) is 6.96. The number of ether oxygens (including phenoxy) is 1. The second-order valence-electron chi connectivity index (χ2n) is 6.22. The fourth-order valence-corrected chi connectivity index (χ4v) is 4.49. The van der Waals surface area contributed by atoms with Crippen LogP contribution in [-0.2, 0) is 6.61 Å². The van der Waals surface area contributed by atoms with Gasteiger partial charge in [0.2, 0.25) is 0 Å². The van der Waals surface area contributed by atoms with Gasteiger partial charge >= 0.3 is 0 Å². The van der Waals surface area contributed by atoms with Crippen molar-refractivity contribution in [2.24, 2.45) is 4.99 Å². The third-order valence-corrected chi connectivity index (χ3v) is 6.03. The van der Waals surface area contributed by atoms with Crippen LogP contribution >= 0.6 is 34.5 Å². The number of nitrogens with zero attached hydrogens (tertiary/aromatic N) is 1. The molecular formula is C21H17Cl2NOS. The average Bonchev–Trinajstić information content (AvgIpc) is 3.29. The molecule has 4 rings (SSSR count). The summed E-state index contributed by atoms with van der Waals surface area (Å²) < 4.78 is 5.85. The monoisotopic (exact) mass is 401 g/mol. The van der Waals surface area contributed by atoms with Crippen LogP contribution in [0.1, 0.15) is 34.9 Å². The Morgan fingerprint density at radius 3 is 2.65 bits per heavy atom. The van der Waals surface area contributed by atoms with E-state index in [1.165, 1.54) is 5.56 Å². The number of rotatable bonds is 5. The quantitative estimate of drug-likeness (QED) is 0.452. The highest BCUT2D eigenvalue weighted by atomic mass is 35.5. The zero-order chi connectivity index (χ0) is 17.9. The van der Waals surface area contributed by atoms with E-state index in [4.69, 9.17) is 32.9 Å². The SMILES string of the molecule is Clc1cccc(COc2ccc(C3CCC(c4sccc4Cl)=N3)cc2)c1. The summed E-state index contributed by atoms with van der Waals surface area (Å²) in [6.07, 6.45) is 1.99. The van der Waals surface area contributed by atoms with E-state index in [2.05, 4.69) is 12.1 Å². The number of benzene rings is 2. The lowest BCUT2D eigenvalue weighted by Gasteiger charge is -2.10. The molecule has 132 valence electrons. The Morgan fingerprint density at radius 2 is 1.92 bits per heavy atom. The van der Waals surface area contributed by atoms with Gasteiger partial charge in [-0.15, -0.1) is 11.3 Å². The van der Waals surface area contributed by atoms with E-state index in [1.54, 1.807) is 11.3 Å². The highest BCUT2D eigenvalue weighted by Gasteiger charge is 2.22. The van der Waals surface area contributed by atoms with Crippen molar-refractivity contribution < 1.29 is 4.74 Å². The average molecular weight is 402 g/mol. The number of hydrogen-bond acceptors (Lipinski definition) is 3. The normalized spacial score (nSPS) is 16.5. The molecule has 0 N–H and O–H groups in total. The Hall–Kier alpha value is -1.81. The zero-order valence-corrected chi connectivity index (χ0v) is 16.3. The Labute approximate surface area is 167 Å². The molecule has 0 radical (unpaired) electrons. The van der Waals surface area contributed by atoms with Crippen molar-refractivity contribution in [1.82, 2.24) is 0 Å². The molecule has 3 aromatic rings. The molecule has 0 amide bonds. The second-order valence-corrected chi connectivity index (χ2v) is 7.98. The van der Waals surface area contributed by atoms with Gasteiger partial charge in [0.1, 0.15) is 12.4 Å². The molecule has 0 saturated heterocycles. The maximum atomic E-state index is 6.23. The second kappa shape index (κ2) is 7.83. The minimum Gasteiger partial charge on any atom is -0.489 e. The number of aliphatic imine (C=N–C) groups is 1. The summed E-state index contributed by atoms with van der Waals surface area (Å²) in [7, 11) is 0. The van der Waals surface area contributed by atoms with Gasteiger partial charge in [-0.25, -0.2) is 0 Å². The van der Waals surface area contributed by atoms with Crippen molar-refractivity contribution in [3.05, 3.63) is 86.0 Å². The van der Waals surface area contributed by atoms with Gasteiger partial charge in [-0.05, 0) is 59.7 Å². The van der Waals surface area contributed by atoms with Gasteiger partial charge in [0.25, 0.3) is 0 Å². The predicted molar refractivity (Wildman–Crippen MR) is 110 cm³/mol. The van der Waals surface area contributed by atoms with Crippen LogP contribution in [0.2, 0.25) is 10.0 Å². The molecule has 1 atom stereocenters. The molecule has 0 bridgehead atoms. The molecule has 1 aromatic heterocycles. The van der Waals surface area contributed by atoms with Crippen molar-refractivity contribution >= 4 is 40.3 Å². The van der Waals surface area contributed by atoms with Crippen LogP contribution < -0.4 is 4.74 Å². The fourth-order valence-electron chi connectivity index (χ4n) is 3.08. The first-order chi connectivity index (χ1) is 12.7. The Bertz CT molecular complexity index is 933. The third-order valence-electron chi connectivity index (χ3n) is 4.40. The first-order valence-electron chi connectivity index (χ1n) is 8.46. The maximum absolute atomic E-state index is 6.23. The van der Waals surface area contributed by atoms with Crippen molar-refractivity contribution in [3.63, 3.8) is 0 Å². The van der Waals surface area contributed by atoms with Gasteiger partial charge in [0, 0.05) is 5.02 Å². The molecule has 0 fully saturated rings. The molecular weight excluding hydrogens is 385 g/mol. The van der Waals surface area contributed by atoms with E-state index < -0.39 is 0 Å². The summed E-state index contributed by atoms with van der Waals surface area (Å²) in [5.41, 5.74) is 3.39. The lowest BCUT2D eigenvalue weighted by atomic mass is 10.0. The van der Waals surface area contributed by atoms with E-state index in [-0.39, 0.29) is 6.04 Å². The van der Waals surface area contributed by atoms with Crippen LogP contribution in [0.3, 0.4) is 0 Å². The van der Waals surface area contributed by atoms with E-state index >= 15 is 0 Å². The Morgan fingerprint density at radius 1 is 1.08 bits per heavy atom. The number of hydrogen-bond donors (Lipinski definition) is 0. The molecule has 26 heavy (non-hydrogen) atoms. The standard InChI is InChI=1S/C21H17Cl2NOS/c22-16-3-1-2-14(12-16)13-25-17-6-4-15(5-7-17)19-8-9-20(24-19)21-18(23)10-11-26-21/h1-7,10-12,19H,8-9,13H2. The van der Waals surface area contributed by atoms with Crippen molar-refractivity contribution in [2.75, 3.05) is 0 Å². The maximum Gasteiger partial charge on any atom is 0.119 e. The van der Waals surface area contributed by atoms with E-state index in [0.717, 1.165) is 44.8 Å². The molecule has 2 heterocycles. The van der Waals surface area contributed by atoms with Gasteiger partial charge in [-0.3, -0.25) is 4.99 Å². The Kier molecular flexibility index (Phi) is 5.30. The van der Waals surface area contributed by atoms with Gasteiger partial charge in [0.05, 0.1) is 21.7 Å². The molecule has 1 aliphatic heterocycles. The summed E-state index contributed by atoms with van der Waals surface area (Å²) in [5, 5.41) is 3.54. The summed E-state index contributed by atoms with van der Waals surface area (Å²) >= 11 is 13.9. The van der Waals surface area contributed by atoms with Gasteiger partial charge in [0.15, 0.2) is 0 Å². The highest BCUT2D eigenvalue weighted by molar-refractivity contribution is 7.12. The zero-order valence-electron chi connectivity index (χ0n) is 14.0. The molecule has 0 saturated carbocycles. The lowest BCUT2D eigenvalue weighted by Crippen LogP contribution is -1.96. The molecule has 1 aliphatic rings. The molecule has 5 heteroatoms. The van der Waals surface area contributed by atoms with E-state index in [0.29, 0.717) is 6.61 Å². The minimum atomic E-state index is 0.199. The first-order valence-corrected chi connectivity index (χ1v) is 10.1. The van der Waals surface area contributed by atoms with Crippen molar-refractivity contribution in [2.45, 2.75) is 25.5 Å². The smallest absolute Gasteiger partial charge is 0.119 e. The molecule has 0 spiro atoms. The topological polar surface area (TPSA) is 21.6 Å². The van der Waals surface area contributed by atoms with Gasteiger partial charge < -0.3 is 4.74 Å². The van der Waals surface area contributed by atoms with Crippen molar-refractivity contribution in [3.8, 4) is 5.75 Å². The highest BCUT2D eigenvalue weighted by Crippen LogP contribution is 2.35. The van der Waals surface area contributed by atoms with Gasteiger partial charge in [-0.2, -0.15) is 0 Å². The first kappa shape index (κ1) is 17.6. The summed E-state index contributed by atoms with van der Waals surface area (Å²) in [6, 6.07) is 18.1. The van der Waals surface area contributed by atoms with E-state index in [1.807, 2.05) is 47.8 Å². The largest absolute Gasteiger partial charge is 0.489 e. The fraction of sp³-hybridized carbons (Fsp3) is 0.190.